The van der Waals surface area contributed by atoms with Crippen LogP contribution < -0.4 is 5.32 Å². The van der Waals surface area contributed by atoms with Crippen molar-refractivity contribution in [3.8, 4) is 0 Å². The minimum absolute atomic E-state index is 0.282. The van der Waals surface area contributed by atoms with Gasteiger partial charge in [-0.25, -0.2) is 0 Å². The number of fused-ring (bicyclic) bond motifs is 1. The highest BCUT2D eigenvalue weighted by molar-refractivity contribution is 4.93. The summed E-state index contributed by atoms with van der Waals surface area (Å²) in [5, 5.41) is 3.93. The number of hydrogen-bond donors (Lipinski definition) is 1. The first-order valence-corrected chi connectivity index (χ1v) is 9.84. The molecule has 4 nitrogen and oxygen atoms in total. The zero-order valence-electron chi connectivity index (χ0n) is 15.9. The zero-order chi connectivity index (χ0) is 16.4. The molecule has 0 aliphatic carbocycles. The summed E-state index contributed by atoms with van der Waals surface area (Å²) in [6, 6.07) is 2.40. The van der Waals surface area contributed by atoms with Gasteiger partial charge in [0.15, 0.2) is 0 Å². The first kappa shape index (κ1) is 17.7. The van der Waals surface area contributed by atoms with Crippen molar-refractivity contribution < 1.29 is 0 Å². The molecule has 3 rings (SSSR count). The Labute approximate surface area is 143 Å². The van der Waals surface area contributed by atoms with Crippen LogP contribution >= 0.6 is 0 Å². The molecule has 0 spiro atoms. The van der Waals surface area contributed by atoms with Crippen molar-refractivity contribution in [3.63, 3.8) is 0 Å². The molecule has 3 fully saturated rings. The lowest BCUT2D eigenvalue weighted by molar-refractivity contribution is 0.0567. The largest absolute Gasteiger partial charge is 0.312 e. The predicted molar refractivity (Wildman–Crippen MR) is 98.0 cm³/mol. The quantitative estimate of drug-likeness (QED) is 0.836. The van der Waals surface area contributed by atoms with Crippen molar-refractivity contribution in [2.75, 3.05) is 46.8 Å². The summed E-state index contributed by atoms with van der Waals surface area (Å²) in [5.74, 6) is 0. The number of rotatable bonds is 5. The maximum Gasteiger partial charge on any atom is 0.0277 e. The van der Waals surface area contributed by atoms with E-state index in [0.717, 1.165) is 24.7 Å². The molecule has 0 aromatic heterocycles. The molecule has 3 heterocycles. The van der Waals surface area contributed by atoms with E-state index < -0.39 is 0 Å². The molecule has 4 heteroatoms. The summed E-state index contributed by atoms with van der Waals surface area (Å²) in [6.07, 6.45) is 8.20. The predicted octanol–water partition coefficient (Wildman–Crippen LogP) is 2.01. The van der Waals surface area contributed by atoms with Crippen LogP contribution in [0.15, 0.2) is 0 Å². The van der Waals surface area contributed by atoms with E-state index in [-0.39, 0.29) is 5.54 Å². The van der Waals surface area contributed by atoms with Gasteiger partial charge in [0.1, 0.15) is 0 Å². The van der Waals surface area contributed by atoms with Gasteiger partial charge in [-0.05, 0) is 79.6 Å². The second kappa shape index (κ2) is 7.38. The Hall–Kier alpha value is -0.160. The lowest BCUT2D eigenvalue weighted by Gasteiger charge is -2.45. The lowest BCUT2D eigenvalue weighted by atomic mass is 9.93. The van der Waals surface area contributed by atoms with Crippen LogP contribution in [-0.4, -0.2) is 85.2 Å². The molecule has 0 radical (unpaired) electrons. The summed E-state index contributed by atoms with van der Waals surface area (Å²) in [7, 11) is 4.45. The minimum Gasteiger partial charge on any atom is -0.312 e. The normalized spacial score (nSPS) is 31.7. The van der Waals surface area contributed by atoms with Gasteiger partial charge < -0.3 is 15.1 Å². The fraction of sp³-hybridized carbons (Fsp3) is 1.00. The van der Waals surface area contributed by atoms with Crippen LogP contribution in [0.4, 0.5) is 0 Å². The van der Waals surface area contributed by atoms with Gasteiger partial charge in [0, 0.05) is 43.3 Å². The van der Waals surface area contributed by atoms with Crippen LogP contribution in [-0.2, 0) is 0 Å². The maximum absolute atomic E-state index is 3.93. The van der Waals surface area contributed by atoms with Crippen LogP contribution in [0.1, 0.15) is 52.4 Å². The lowest BCUT2D eigenvalue weighted by Crippen LogP contribution is -2.57. The Morgan fingerprint density at radius 1 is 1.00 bits per heavy atom. The third-order valence-corrected chi connectivity index (χ3v) is 6.69. The number of piperidine rings is 2. The molecular formula is C19H38N4. The monoisotopic (exact) mass is 322 g/mol. The van der Waals surface area contributed by atoms with E-state index in [4.69, 9.17) is 0 Å². The van der Waals surface area contributed by atoms with Crippen LogP contribution in [0.5, 0.6) is 0 Å². The Kier molecular flexibility index (Phi) is 5.67. The van der Waals surface area contributed by atoms with Crippen LogP contribution in [0, 0.1) is 0 Å². The van der Waals surface area contributed by atoms with Gasteiger partial charge >= 0.3 is 0 Å². The van der Waals surface area contributed by atoms with Crippen molar-refractivity contribution in [3.05, 3.63) is 0 Å². The van der Waals surface area contributed by atoms with E-state index in [9.17, 15) is 0 Å². The average Bonchev–Trinajstić information content (AvgIpc) is 3.01. The molecule has 3 aliphatic rings. The fourth-order valence-electron chi connectivity index (χ4n) is 4.90. The maximum atomic E-state index is 3.93. The molecule has 0 unspecified atom stereocenters. The van der Waals surface area contributed by atoms with E-state index >= 15 is 0 Å². The summed E-state index contributed by atoms with van der Waals surface area (Å²) in [5.41, 5.74) is 0.282. The van der Waals surface area contributed by atoms with Gasteiger partial charge in [0.25, 0.3) is 0 Å². The highest BCUT2D eigenvalue weighted by Crippen LogP contribution is 2.28. The molecule has 0 saturated carbocycles. The Morgan fingerprint density at radius 2 is 1.74 bits per heavy atom. The number of nitrogens with one attached hydrogen (secondary N) is 1. The Balaban J connectivity index is 1.43. The van der Waals surface area contributed by atoms with Gasteiger partial charge in [-0.1, -0.05) is 0 Å². The summed E-state index contributed by atoms with van der Waals surface area (Å²) >= 11 is 0. The second-order valence-electron chi connectivity index (χ2n) is 8.93. The standard InChI is InChI=1S/C19H38N4/c1-19(2,23-12-8-17(9-13-23)21(3)4)15-20-16-7-11-22-10-5-6-18(22)14-16/h16-18,20H,5-15H2,1-4H3/t16-,18+/m0/s1. The van der Waals surface area contributed by atoms with Gasteiger partial charge in [0.2, 0.25) is 0 Å². The summed E-state index contributed by atoms with van der Waals surface area (Å²) in [4.78, 5) is 7.83. The zero-order valence-corrected chi connectivity index (χ0v) is 15.9. The topological polar surface area (TPSA) is 21.8 Å². The molecule has 0 aromatic carbocycles. The molecule has 1 N–H and O–H groups in total. The smallest absolute Gasteiger partial charge is 0.0277 e. The number of hydrogen-bond acceptors (Lipinski definition) is 4. The van der Waals surface area contributed by atoms with Crippen molar-refractivity contribution in [1.29, 1.82) is 0 Å². The van der Waals surface area contributed by atoms with E-state index in [1.165, 1.54) is 64.7 Å². The molecule has 3 aliphatic heterocycles. The number of likely N-dealkylation sites (tertiary alicyclic amines) is 1. The van der Waals surface area contributed by atoms with E-state index in [1.807, 2.05) is 0 Å². The first-order chi connectivity index (χ1) is 11.0. The fourth-order valence-corrected chi connectivity index (χ4v) is 4.90. The highest BCUT2D eigenvalue weighted by Gasteiger charge is 2.34. The molecule has 23 heavy (non-hydrogen) atoms. The first-order valence-electron chi connectivity index (χ1n) is 9.84. The van der Waals surface area contributed by atoms with Crippen molar-refractivity contribution in [2.24, 2.45) is 0 Å². The van der Waals surface area contributed by atoms with Crippen molar-refractivity contribution >= 4 is 0 Å². The van der Waals surface area contributed by atoms with Gasteiger partial charge in [-0.2, -0.15) is 0 Å². The summed E-state index contributed by atoms with van der Waals surface area (Å²) in [6.45, 7) is 11.2. The molecule has 3 saturated heterocycles. The van der Waals surface area contributed by atoms with Gasteiger partial charge in [-0.3, -0.25) is 4.90 Å². The van der Waals surface area contributed by atoms with Crippen LogP contribution in [0.3, 0.4) is 0 Å². The average molecular weight is 323 g/mol. The molecule has 0 amide bonds. The Bertz CT molecular complexity index is 374. The van der Waals surface area contributed by atoms with Gasteiger partial charge in [0.05, 0.1) is 0 Å². The third kappa shape index (κ3) is 4.28. The van der Waals surface area contributed by atoms with Crippen molar-refractivity contribution in [1.82, 2.24) is 20.0 Å². The van der Waals surface area contributed by atoms with E-state index in [1.54, 1.807) is 0 Å². The third-order valence-electron chi connectivity index (χ3n) is 6.69. The second-order valence-corrected chi connectivity index (χ2v) is 8.93. The summed E-state index contributed by atoms with van der Waals surface area (Å²) < 4.78 is 0. The highest BCUT2D eigenvalue weighted by atomic mass is 15.2. The molecule has 0 aromatic rings. The molecular weight excluding hydrogens is 284 g/mol. The van der Waals surface area contributed by atoms with Crippen LogP contribution in [0.2, 0.25) is 0 Å². The number of nitrogens with zero attached hydrogens (tertiary/aromatic N) is 3. The molecule has 2 atom stereocenters. The molecule has 0 bridgehead atoms. The van der Waals surface area contributed by atoms with Crippen LogP contribution in [0.25, 0.3) is 0 Å². The Morgan fingerprint density at radius 3 is 2.43 bits per heavy atom. The van der Waals surface area contributed by atoms with E-state index in [0.29, 0.717) is 0 Å². The molecule has 134 valence electrons. The SMILES string of the molecule is CN(C)C1CCN(C(C)(C)CN[C@H]2CCN3CCC[C@@H]3C2)CC1. The van der Waals surface area contributed by atoms with E-state index in [2.05, 4.69) is 48.0 Å². The minimum atomic E-state index is 0.282. The van der Waals surface area contributed by atoms with Gasteiger partial charge in [-0.15, -0.1) is 0 Å². The van der Waals surface area contributed by atoms with Crippen molar-refractivity contribution in [2.45, 2.75) is 76.0 Å².